The minimum atomic E-state index is 0.594. The largest absolute Gasteiger partial charge is 0.399 e. The Morgan fingerprint density at radius 1 is 1.20 bits per heavy atom. The minimum Gasteiger partial charge on any atom is -0.399 e. The normalized spacial score (nSPS) is 14.4. The van der Waals surface area contributed by atoms with Crippen molar-refractivity contribution in [2.75, 3.05) is 7.05 Å². The predicted molar refractivity (Wildman–Crippen MR) is 135 cm³/mol. The van der Waals surface area contributed by atoms with Crippen molar-refractivity contribution in [2.24, 2.45) is 22.6 Å². The summed E-state index contributed by atoms with van der Waals surface area (Å²) < 4.78 is 2.27. The van der Waals surface area contributed by atoms with Gasteiger partial charge in [-0.25, -0.2) is 0 Å². The number of hydrogen-bond acceptors (Lipinski definition) is 2. The van der Waals surface area contributed by atoms with E-state index in [1.165, 1.54) is 23.9 Å². The molecule has 0 fully saturated rings. The van der Waals surface area contributed by atoms with Crippen LogP contribution in [0.2, 0.25) is 0 Å². The maximum Gasteiger partial charge on any atom is 0.0490 e. The first-order valence-electron chi connectivity index (χ1n) is 11.2. The van der Waals surface area contributed by atoms with Crippen LogP contribution < -0.4 is 5.73 Å². The lowest BCUT2D eigenvalue weighted by Gasteiger charge is -2.18. The van der Waals surface area contributed by atoms with E-state index in [9.17, 15) is 0 Å². The smallest absolute Gasteiger partial charge is 0.0490 e. The molecule has 2 N–H and O–H groups in total. The maximum atomic E-state index is 6.15. The van der Waals surface area contributed by atoms with Gasteiger partial charge in [0, 0.05) is 48.2 Å². The fourth-order valence-electron chi connectivity index (χ4n) is 4.20. The molecule has 0 aliphatic rings. The van der Waals surface area contributed by atoms with Gasteiger partial charge in [0.25, 0.3) is 0 Å². The fourth-order valence-corrected chi connectivity index (χ4v) is 4.20. The highest BCUT2D eigenvalue weighted by atomic mass is 15.0. The molecule has 1 heterocycles. The molecule has 0 aliphatic carbocycles. The molecule has 2 atom stereocenters. The van der Waals surface area contributed by atoms with Gasteiger partial charge in [0.1, 0.15) is 0 Å². The van der Waals surface area contributed by atoms with Gasteiger partial charge in [-0.05, 0) is 54.4 Å². The monoisotopic (exact) mass is 405 g/mol. The predicted octanol–water partition coefficient (Wildman–Crippen LogP) is 7.08. The van der Waals surface area contributed by atoms with Gasteiger partial charge in [-0.3, -0.25) is 4.99 Å². The van der Waals surface area contributed by atoms with E-state index in [1.807, 2.05) is 6.21 Å². The number of hydrogen-bond donors (Lipinski definition) is 1. The van der Waals surface area contributed by atoms with Crippen LogP contribution in [0.25, 0.3) is 22.2 Å². The van der Waals surface area contributed by atoms with Crippen molar-refractivity contribution in [2.45, 2.75) is 59.9 Å². The highest BCUT2D eigenvalue weighted by Crippen LogP contribution is 2.30. The van der Waals surface area contributed by atoms with Gasteiger partial charge in [0.05, 0.1) is 0 Å². The molecule has 2 aromatic rings. The van der Waals surface area contributed by atoms with Crippen LogP contribution in [0.3, 0.4) is 0 Å². The maximum absolute atomic E-state index is 6.15. The zero-order valence-electron chi connectivity index (χ0n) is 19.5. The molecule has 0 aliphatic heterocycles. The van der Waals surface area contributed by atoms with Gasteiger partial charge < -0.3 is 10.3 Å². The number of allylic oxidation sites excluding steroid dienone is 3. The second-order valence-corrected chi connectivity index (χ2v) is 8.69. The molecule has 0 bridgehead atoms. The quantitative estimate of drug-likeness (QED) is 0.315. The molecule has 0 spiro atoms. The SMILES string of the molecule is C=C(CC(C)C[C@@H](C)CC)Cn1cc(C(=C)N)c2cc(/C(C=NC)=C/CC)ccc21. The first-order chi connectivity index (χ1) is 14.3. The zero-order valence-corrected chi connectivity index (χ0v) is 19.5. The summed E-state index contributed by atoms with van der Waals surface area (Å²) in [4.78, 5) is 4.21. The van der Waals surface area contributed by atoms with Crippen molar-refractivity contribution >= 4 is 28.4 Å². The summed E-state index contributed by atoms with van der Waals surface area (Å²) in [6, 6.07) is 6.55. The van der Waals surface area contributed by atoms with Crippen molar-refractivity contribution in [3.8, 4) is 0 Å². The van der Waals surface area contributed by atoms with E-state index >= 15 is 0 Å². The minimum absolute atomic E-state index is 0.594. The third-order valence-corrected chi connectivity index (χ3v) is 5.79. The van der Waals surface area contributed by atoms with Crippen molar-refractivity contribution in [1.29, 1.82) is 0 Å². The number of aliphatic imine (C=N–C) groups is 1. The highest BCUT2D eigenvalue weighted by Gasteiger charge is 2.14. The Bertz CT molecular complexity index is 942. The van der Waals surface area contributed by atoms with Crippen molar-refractivity contribution in [3.63, 3.8) is 0 Å². The molecule has 0 saturated carbocycles. The summed E-state index contributed by atoms with van der Waals surface area (Å²) >= 11 is 0. The van der Waals surface area contributed by atoms with Crippen LogP contribution in [0.1, 0.15) is 64.5 Å². The molecular weight excluding hydrogens is 366 g/mol. The van der Waals surface area contributed by atoms with Gasteiger partial charge in [0.2, 0.25) is 0 Å². The van der Waals surface area contributed by atoms with Gasteiger partial charge in [-0.15, -0.1) is 0 Å². The van der Waals surface area contributed by atoms with Crippen LogP contribution in [0.5, 0.6) is 0 Å². The lowest BCUT2D eigenvalue weighted by Crippen LogP contribution is -2.06. The van der Waals surface area contributed by atoms with Crippen LogP contribution in [0.15, 0.2) is 54.2 Å². The van der Waals surface area contributed by atoms with Crippen LogP contribution in [0, 0.1) is 11.8 Å². The molecule has 30 heavy (non-hydrogen) atoms. The molecule has 0 saturated heterocycles. The lowest BCUT2D eigenvalue weighted by atomic mass is 9.91. The summed E-state index contributed by atoms with van der Waals surface area (Å²) in [5, 5.41) is 1.13. The van der Waals surface area contributed by atoms with Gasteiger partial charge in [0.15, 0.2) is 0 Å². The first kappa shape index (κ1) is 23.7. The molecular formula is C27H39N3. The number of benzene rings is 1. The number of rotatable bonds is 11. The summed E-state index contributed by atoms with van der Waals surface area (Å²) in [6.07, 6.45) is 10.7. The van der Waals surface area contributed by atoms with Crippen LogP contribution in [-0.4, -0.2) is 17.8 Å². The lowest BCUT2D eigenvalue weighted by molar-refractivity contribution is 0.400. The standard InChI is InChI=1S/C27H39N3/c1-8-10-24(16-29-7)23-11-12-27-25(15-23)26(22(6)28)18-30(27)17-21(5)14-20(4)13-19(3)9-2/h10-12,15-16,18-20H,5-6,8-9,13-14,17,28H2,1-4,7H3/b24-10+,29-16?/t19-,20?/m0/s1. The second kappa shape index (κ2) is 11.0. The fraction of sp³-hybridized carbons (Fsp3) is 0.444. The molecule has 1 unspecified atom stereocenters. The van der Waals surface area contributed by atoms with Gasteiger partial charge in [-0.2, -0.15) is 0 Å². The van der Waals surface area contributed by atoms with Crippen molar-refractivity contribution in [1.82, 2.24) is 4.57 Å². The number of fused-ring (bicyclic) bond motifs is 1. The number of aromatic nitrogens is 1. The molecule has 162 valence electrons. The third-order valence-electron chi connectivity index (χ3n) is 5.79. The summed E-state index contributed by atoms with van der Waals surface area (Å²) in [5.41, 5.74) is 12.4. The molecule has 1 aromatic heterocycles. The summed E-state index contributed by atoms with van der Waals surface area (Å²) in [6.45, 7) is 18.3. The first-order valence-corrected chi connectivity index (χ1v) is 11.2. The Morgan fingerprint density at radius 3 is 2.53 bits per heavy atom. The third kappa shape index (κ3) is 5.98. The Hall–Kier alpha value is -2.55. The second-order valence-electron chi connectivity index (χ2n) is 8.69. The van der Waals surface area contributed by atoms with Gasteiger partial charge >= 0.3 is 0 Å². The Labute approximate surface area is 183 Å². The van der Waals surface area contributed by atoms with E-state index in [4.69, 9.17) is 5.73 Å². The molecule has 3 heteroatoms. The summed E-state index contributed by atoms with van der Waals surface area (Å²) in [7, 11) is 1.81. The van der Waals surface area contributed by atoms with Crippen molar-refractivity contribution in [3.05, 3.63) is 60.3 Å². The summed E-state index contributed by atoms with van der Waals surface area (Å²) in [5.74, 6) is 1.42. The number of nitrogens with two attached hydrogens (primary N) is 1. The molecule has 0 amide bonds. The van der Waals surface area contributed by atoms with Gasteiger partial charge in [-0.1, -0.05) is 65.0 Å². The zero-order chi connectivity index (χ0) is 22.3. The number of nitrogens with zero attached hydrogens (tertiary/aromatic N) is 2. The van der Waals surface area contributed by atoms with Crippen LogP contribution >= 0.6 is 0 Å². The molecule has 1 aromatic carbocycles. The van der Waals surface area contributed by atoms with E-state index < -0.39 is 0 Å². The Kier molecular flexibility index (Phi) is 8.71. The Morgan fingerprint density at radius 2 is 1.93 bits per heavy atom. The van der Waals surface area contributed by atoms with Crippen LogP contribution in [-0.2, 0) is 6.54 Å². The van der Waals surface area contributed by atoms with E-state index in [2.05, 4.69) is 80.9 Å². The van der Waals surface area contributed by atoms with E-state index in [-0.39, 0.29) is 0 Å². The van der Waals surface area contributed by atoms with Crippen LogP contribution in [0.4, 0.5) is 0 Å². The molecule has 3 nitrogen and oxygen atoms in total. The highest BCUT2D eigenvalue weighted by molar-refractivity contribution is 6.11. The average molecular weight is 406 g/mol. The Balaban J connectivity index is 2.34. The van der Waals surface area contributed by atoms with E-state index in [0.717, 1.165) is 47.4 Å². The molecule has 0 radical (unpaired) electrons. The van der Waals surface area contributed by atoms with E-state index in [0.29, 0.717) is 11.6 Å². The molecule has 2 rings (SSSR count). The average Bonchev–Trinajstić information content (AvgIpc) is 3.05. The topological polar surface area (TPSA) is 43.3 Å². The van der Waals surface area contributed by atoms with E-state index in [1.54, 1.807) is 7.05 Å². The van der Waals surface area contributed by atoms with Crippen molar-refractivity contribution < 1.29 is 0 Å².